The summed E-state index contributed by atoms with van der Waals surface area (Å²) < 4.78 is 29.7. The molecule has 154 valence electrons. The molecular weight excluding hydrogens is 424 g/mol. The number of hydrogen-bond acceptors (Lipinski definition) is 6. The Morgan fingerprint density at radius 1 is 1.13 bits per heavy atom. The first-order valence-corrected chi connectivity index (χ1v) is 11.2. The van der Waals surface area contributed by atoms with Gasteiger partial charge in [-0.2, -0.15) is 0 Å². The zero-order valence-corrected chi connectivity index (χ0v) is 17.8. The highest BCUT2D eigenvalue weighted by molar-refractivity contribution is 7.89. The zero-order chi connectivity index (χ0) is 21.5. The Labute approximate surface area is 177 Å². The van der Waals surface area contributed by atoms with E-state index in [1.54, 1.807) is 7.11 Å². The van der Waals surface area contributed by atoms with Gasteiger partial charge < -0.3 is 10.1 Å². The van der Waals surface area contributed by atoms with Gasteiger partial charge in [0.25, 0.3) is 5.91 Å². The number of nitrogens with two attached hydrogens (primary N) is 1. The van der Waals surface area contributed by atoms with Crippen LogP contribution in [0.5, 0.6) is 5.75 Å². The van der Waals surface area contributed by atoms with Crippen molar-refractivity contribution in [1.29, 1.82) is 0 Å². The second-order valence-corrected chi connectivity index (χ2v) is 9.09. The van der Waals surface area contributed by atoms with E-state index in [0.29, 0.717) is 15.5 Å². The van der Waals surface area contributed by atoms with Crippen LogP contribution >= 0.6 is 11.3 Å². The molecule has 0 aliphatic carbocycles. The van der Waals surface area contributed by atoms with Crippen molar-refractivity contribution in [3.63, 3.8) is 0 Å². The van der Waals surface area contributed by atoms with E-state index in [-0.39, 0.29) is 10.8 Å². The summed E-state index contributed by atoms with van der Waals surface area (Å²) in [5.74, 6) is 0.476. The number of fused-ring (bicyclic) bond motifs is 1. The third-order valence-electron chi connectivity index (χ3n) is 4.59. The molecule has 30 heavy (non-hydrogen) atoms. The third kappa shape index (κ3) is 3.80. The van der Waals surface area contributed by atoms with Crippen LogP contribution in [0.4, 0.5) is 5.69 Å². The van der Waals surface area contributed by atoms with Crippen LogP contribution in [0, 0.1) is 6.92 Å². The molecule has 4 aromatic rings. The molecular formula is C20H18N4O4S2. The number of thiazole rings is 1. The first kappa shape index (κ1) is 20.1. The lowest BCUT2D eigenvalue weighted by molar-refractivity contribution is 0.102. The largest absolute Gasteiger partial charge is 0.497 e. The predicted octanol–water partition coefficient (Wildman–Crippen LogP) is 3.28. The van der Waals surface area contributed by atoms with E-state index in [1.165, 1.54) is 35.6 Å². The van der Waals surface area contributed by atoms with Crippen molar-refractivity contribution in [2.75, 3.05) is 12.4 Å². The number of hydrogen-bond donors (Lipinski definition) is 2. The van der Waals surface area contributed by atoms with Gasteiger partial charge in [-0.05, 0) is 55.5 Å². The van der Waals surface area contributed by atoms with Gasteiger partial charge in [-0.25, -0.2) is 18.5 Å². The Hall–Kier alpha value is -3.21. The molecule has 0 radical (unpaired) electrons. The minimum absolute atomic E-state index is 0.0164. The summed E-state index contributed by atoms with van der Waals surface area (Å²) in [5.41, 5.74) is 2.99. The van der Waals surface area contributed by atoms with Crippen molar-refractivity contribution >= 4 is 37.9 Å². The molecule has 10 heteroatoms. The lowest BCUT2D eigenvalue weighted by Gasteiger charge is -2.05. The van der Waals surface area contributed by atoms with Crippen molar-refractivity contribution in [2.24, 2.45) is 5.14 Å². The maximum absolute atomic E-state index is 12.7. The number of primary sulfonamides is 1. The number of sulfonamides is 1. The molecule has 0 aliphatic rings. The molecule has 0 spiro atoms. The highest BCUT2D eigenvalue weighted by atomic mass is 32.2. The summed E-state index contributed by atoms with van der Waals surface area (Å²) in [5, 5.41) is 7.86. The number of aryl methyl sites for hydroxylation is 1. The van der Waals surface area contributed by atoms with Crippen LogP contribution in [0.25, 0.3) is 16.2 Å². The summed E-state index contributed by atoms with van der Waals surface area (Å²) in [4.78, 5) is 18.5. The molecule has 0 fully saturated rings. The topological polar surface area (TPSA) is 116 Å². The average molecular weight is 443 g/mol. The van der Waals surface area contributed by atoms with Crippen LogP contribution in [0.3, 0.4) is 0 Å². The molecule has 2 aromatic carbocycles. The summed E-state index contributed by atoms with van der Waals surface area (Å²) in [6.07, 6.45) is 1.89. The van der Waals surface area contributed by atoms with Crippen molar-refractivity contribution in [2.45, 2.75) is 11.8 Å². The minimum Gasteiger partial charge on any atom is -0.497 e. The molecule has 0 bridgehead atoms. The molecule has 0 atom stereocenters. The van der Waals surface area contributed by atoms with E-state index in [1.807, 2.05) is 41.8 Å². The number of methoxy groups -OCH3 is 1. The summed E-state index contributed by atoms with van der Waals surface area (Å²) in [6, 6.07) is 13.3. The predicted molar refractivity (Wildman–Crippen MR) is 116 cm³/mol. The Morgan fingerprint density at radius 3 is 2.37 bits per heavy atom. The van der Waals surface area contributed by atoms with Crippen LogP contribution in [-0.2, 0) is 10.0 Å². The monoisotopic (exact) mass is 442 g/mol. The number of carbonyl (C=O) groups is 1. The minimum atomic E-state index is -3.78. The zero-order valence-electron chi connectivity index (χ0n) is 16.1. The standard InChI is InChI=1S/C20H18N4O4S2/c1-12-18(19(25)22-14-5-9-16(10-6-14)30(21,26)27)29-20-23-17(11-24(12)20)13-3-7-15(28-2)8-4-13/h3-11H,1-2H3,(H,22,25)(H2,21,26,27). The number of amides is 1. The number of benzene rings is 2. The smallest absolute Gasteiger partial charge is 0.267 e. The normalized spacial score (nSPS) is 11.6. The molecule has 8 nitrogen and oxygen atoms in total. The first-order valence-electron chi connectivity index (χ1n) is 8.83. The Morgan fingerprint density at radius 2 is 1.80 bits per heavy atom. The molecule has 0 saturated heterocycles. The van der Waals surface area contributed by atoms with Gasteiger partial charge in [0.15, 0.2) is 4.96 Å². The van der Waals surface area contributed by atoms with Crippen molar-refractivity contribution in [3.8, 4) is 17.0 Å². The molecule has 0 aliphatic heterocycles. The van der Waals surface area contributed by atoms with Gasteiger partial charge in [0, 0.05) is 23.1 Å². The highest BCUT2D eigenvalue weighted by Gasteiger charge is 2.18. The number of anilines is 1. The van der Waals surface area contributed by atoms with Crippen molar-refractivity contribution in [1.82, 2.24) is 9.38 Å². The van der Waals surface area contributed by atoms with Crippen LogP contribution in [0.2, 0.25) is 0 Å². The van der Waals surface area contributed by atoms with Crippen molar-refractivity contribution in [3.05, 3.63) is 65.3 Å². The molecule has 1 amide bonds. The average Bonchev–Trinajstić information content (AvgIpc) is 3.27. The summed E-state index contributed by atoms with van der Waals surface area (Å²) >= 11 is 1.28. The van der Waals surface area contributed by atoms with Gasteiger partial charge in [0.05, 0.1) is 17.7 Å². The summed E-state index contributed by atoms with van der Waals surface area (Å²) in [6.45, 7) is 1.85. The number of aromatic nitrogens is 2. The Balaban J connectivity index is 1.57. The van der Waals surface area contributed by atoms with Crippen LogP contribution in [0.15, 0.2) is 59.6 Å². The fourth-order valence-electron chi connectivity index (χ4n) is 2.98. The van der Waals surface area contributed by atoms with E-state index in [4.69, 9.17) is 9.88 Å². The van der Waals surface area contributed by atoms with E-state index >= 15 is 0 Å². The van der Waals surface area contributed by atoms with E-state index in [0.717, 1.165) is 22.7 Å². The van der Waals surface area contributed by atoms with Gasteiger partial charge in [-0.3, -0.25) is 9.20 Å². The van der Waals surface area contributed by atoms with Gasteiger partial charge in [0.2, 0.25) is 10.0 Å². The highest BCUT2D eigenvalue weighted by Crippen LogP contribution is 2.28. The Kier molecular flexibility index (Phi) is 5.06. The van der Waals surface area contributed by atoms with E-state index in [2.05, 4.69) is 10.3 Å². The first-order chi connectivity index (χ1) is 14.3. The van der Waals surface area contributed by atoms with Gasteiger partial charge in [0.1, 0.15) is 10.6 Å². The maximum atomic E-state index is 12.7. The molecule has 2 heterocycles. The molecule has 3 N–H and O–H groups in total. The number of ether oxygens (including phenoxy) is 1. The van der Waals surface area contributed by atoms with E-state index < -0.39 is 10.0 Å². The SMILES string of the molecule is COc1ccc(-c2cn3c(C)c(C(=O)Nc4ccc(S(N)(=O)=O)cc4)sc3n2)cc1. The molecule has 4 rings (SSSR count). The lowest BCUT2D eigenvalue weighted by atomic mass is 10.2. The quantitative estimate of drug-likeness (QED) is 0.492. The van der Waals surface area contributed by atoms with E-state index in [9.17, 15) is 13.2 Å². The van der Waals surface area contributed by atoms with Gasteiger partial charge >= 0.3 is 0 Å². The number of nitrogens with zero attached hydrogens (tertiary/aromatic N) is 2. The molecule has 0 unspecified atom stereocenters. The van der Waals surface area contributed by atoms with Crippen LogP contribution in [0.1, 0.15) is 15.4 Å². The van der Waals surface area contributed by atoms with Crippen molar-refractivity contribution < 1.29 is 17.9 Å². The number of imidazole rings is 1. The fraction of sp³-hybridized carbons (Fsp3) is 0.100. The Bertz CT molecular complexity index is 1340. The van der Waals surface area contributed by atoms with Crippen LogP contribution < -0.4 is 15.2 Å². The van der Waals surface area contributed by atoms with Crippen LogP contribution in [-0.4, -0.2) is 30.8 Å². The third-order valence-corrected chi connectivity index (χ3v) is 6.67. The number of carbonyl (C=O) groups excluding carboxylic acids is 1. The molecule has 2 aromatic heterocycles. The summed E-state index contributed by atoms with van der Waals surface area (Å²) in [7, 11) is -2.16. The molecule has 0 saturated carbocycles. The number of rotatable bonds is 5. The maximum Gasteiger partial charge on any atom is 0.267 e. The van der Waals surface area contributed by atoms with Gasteiger partial charge in [-0.1, -0.05) is 11.3 Å². The lowest BCUT2D eigenvalue weighted by Crippen LogP contribution is -2.14. The van der Waals surface area contributed by atoms with Gasteiger partial charge in [-0.15, -0.1) is 0 Å². The number of nitrogens with one attached hydrogen (secondary N) is 1. The second-order valence-electron chi connectivity index (χ2n) is 6.55. The second kappa shape index (κ2) is 7.56. The fourth-order valence-corrected chi connectivity index (χ4v) is 4.50.